The molecule has 23 heavy (non-hydrogen) atoms. The first kappa shape index (κ1) is 17.4. The standard InChI is InChI=1S/C18H20FN3.ClH/c1-2-10-22-17-9-4-3-8-16(17)21-18(22)13-20-12-14-6-5-7-15(19)11-14;/h3-9,11,20H,2,10,12-13H2,1H3;1H. The molecule has 0 aliphatic carbocycles. The zero-order valence-electron chi connectivity index (χ0n) is 13.1. The van der Waals surface area contributed by atoms with Gasteiger partial charge in [0.15, 0.2) is 0 Å². The third kappa shape index (κ3) is 4.09. The van der Waals surface area contributed by atoms with Crippen molar-refractivity contribution in [1.29, 1.82) is 0 Å². The summed E-state index contributed by atoms with van der Waals surface area (Å²) < 4.78 is 15.4. The smallest absolute Gasteiger partial charge is 0.123 e. The summed E-state index contributed by atoms with van der Waals surface area (Å²) in [5.41, 5.74) is 3.14. The van der Waals surface area contributed by atoms with Crippen LogP contribution in [0.5, 0.6) is 0 Å². The van der Waals surface area contributed by atoms with Crippen LogP contribution in [0.3, 0.4) is 0 Å². The van der Waals surface area contributed by atoms with Crippen molar-refractivity contribution in [2.75, 3.05) is 0 Å². The van der Waals surface area contributed by atoms with E-state index in [1.54, 1.807) is 12.1 Å². The number of halogens is 2. The predicted octanol–water partition coefficient (Wildman–Crippen LogP) is 4.30. The van der Waals surface area contributed by atoms with Crippen LogP contribution in [0.2, 0.25) is 0 Å². The summed E-state index contributed by atoms with van der Waals surface area (Å²) >= 11 is 0. The summed E-state index contributed by atoms with van der Waals surface area (Å²) in [4.78, 5) is 4.71. The van der Waals surface area contributed by atoms with Gasteiger partial charge in [0.25, 0.3) is 0 Å². The van der Waals surface area contributed by atoms with Gasteiger partial charge < -0.3 is 9.88 Å². The molecule has 0 saturated carbocycles. The predicted molar refractivity (Wildman–Crippen MR) is 94.2 cm³/mol. The van der Waals surface area contributed by atoms with Gasteiger partial charge in [-0.1, -0.05) is 31.2 Å². The number of rotatable bonds is 6. The number of nitrogens with zero attached hydrogens (tertiary/aromatic N) is 2. The van der Waals surface area contributed by atoms with Gasteiger partial charge in [0.2, 0.25) is 0 Å². The van der Waals surface area contributed by atoms with Gasteiger partial charge in [-0.15, -0.1) is 12.4 Å². The maximum atomic E-state index is 13.2. The second-order valence-electron chi connectivity index (χ2n) is 5.40. The Morgan fingerprint density at radius 2 is 1.91 bits per heavy atom. The van der Waals surface area contributed by atoms with Gasteiger partial charge in [-0.3, -0.25) is 0 Å². The van der Waals surface area contributed by atoms with Crippen molar-refractivity contribution < 1.29 is 4.39 Å². The van der Waals surface area contributed by atoms with Gasteiger partial charge in [0, 0.05) is 13.1 Å². The summed E-state index contributed by atoms with van der Waals surface area (Å²) in [5.74, 6) is 0.831. The SMILES string of the molecule is CCCn1c(CNCc2cccc(F)c2)nc2ccccc21.Cl. The molecule has 0 unspecified atom stereocenters. The molecule has 0 radical (unpaired) electrons. The second-order valence-corrected chi connectivity index (χ2v) is 5.40. The lowest BCUT2D eigenvalue weighted by atomic mass is 10.2. The van der Waals surface area contributed by atoms with Crippen LogP contribution in [-0.4, -0.2) is 9.55 Å². The molecular weight excluding hydrogens is 313 g/mol. The Morgan fingerprint density at radius 3 is 2.70 bits per heavy atom. The van der Waals surface area contributed by atoms with Crippen molar-refractivity contribution >= 4 is 23.4 Å². The lowest BCUT2D eigenvalue weighted by molar-refractivity contribution is 0.593. The van der Waals surface area contributed by atoms with Crippen molar-refractivity contribution in [3.8, 4) is 0 Å². The Kier molecular flexibility index (Phi) is 6.13. The van der Waals surface area contributed by atoms with Gasteiger partial charge in [0.1, 0.15) is 11.6 Å². The van der Waals surface area contributed by atoms with Crippen molar-refractivity contribution in [2.45, 2.75) is 33.0 Å². The highest BCUT2D eigenvalue weighted by Gasteiger charge is 2.09. The summed E-state index contributed by atoms with van der Waals surface area (Å²) in [6.45, 7) is 4.43. The molecule has 2 aromatic carbocycles. The molecule has 0 aliphatic rings. The summed E-state index contributed by atoms with van der Waals surface area (Å²) in [7, 11) is 0. The van der Waals surface area contributed by atoms with Crippen LogP contribution >= 0.6 is 12.4 Å². The molecular formula is C18H21ClFN3. The molecule has 122 valence electrons. The van der Waals surface area contributed by atoms with Gasteiger partial charge in [0.05, 0.1) is 17.6 Å². The molecule has 0 fully saturated rings. The molecule has 0 saturated heterocycles. The van der Waals surface area contributed by atoms with E-state index < -0.39 is 0 Å². The molecule has 3 nitrogen and oxygen atoms in total. The molecule has 3 rings (SSSR count). The Labute approximate surface area is 142 Å². The number of hydrogen-bond acceptors (Lipinski definition) is 2. The minimum atomic E-state index is -0.197. The third-order valence-corrected chi connectivity index (χ3v) is 3.68. The van der Waals surface area contributed by atoms with Crippen LogP contribution in [0, 0.1) is 5.82 Å². The maximum Gasteiger partial charge on any atom is 0.123 e. The van der Waals surface area contributed by atoms with Gasteiger partial charge in [-0.2, -0.15) is 0 Å². The molecule has 0 bridgehead atoms. The van der Waals surface area contributed by atoms with Crippen molar-refractivity contribution in [3.63, 3.8) is 0 Å². The minimum Gasteiger partial charge on any atom is -0.327 e. The summed E-state index contributed by atoms with van der Waals surface area (Å²) in [6.07, 6.45) is 1.07. The largest absolute Gasteiger partial charge is 0.327 e. The molecule has 1 aromatic heterocycles. The number of fused-ring (bicyclic) bond motifs is 1. The Morgan fingerprint density at radius 1 is 1.09 bits per heavy atom. The molecule has 5 heteroatoms. The quantitative estimate of drug-likeness (QED) is 0.729. The summed E-state index contributed by atoms with van der Waals surface area (Å²) in [5, 5.41) is 3.35. The zero-order valence-corrected chi connectivity index (χ0v) is 13.9. The van der Waals surface area contributed by atoms with Crippen LogP contribution in [0.15, 0.2) is 48.5 Å². The number of nitrogens with one attached hydrogen (secondary N) is 1. The Bertz CT molecular complexity index is 770. The highest BCUT2D eigenvalue weighted by molar-refractivity contribution is 5.85. The average Bonchev–Trinajstić information content (AvgIpc) is 2.86. The van der Waals surface area contributed by atoms with E-state index in [-0.39, 0.29) is 18.2 Å². The van der Waals surface area contributed by atoms with Crippen molar-refractivity contribution in [3.05, 3.63) is 65.7 Å². The fourth-order valence-electron chi connectivity index (χ4n) is 2.70. The molecule has 0 spiro atoms. The van der Waals surface area contributed by atoms with Crippen LogP contribution in [0.25, 0.3) is 11.0 Å². The van der Waals surface area contributed by atoms with E-state index in [1.807, 2.05) is 24.3 Å². The van der Waals surface area contributed by atoms with Gasteiger partial charge >= 0.3 is 0 Å². The fourth-order valence-corrected chi connectivity index (χ4v) is 2.70. The summed E-state index contributed by atoms with van der Waals surface area (Å²) in [6, 6.07) is 14.9. The van der Waals surface area contributed by atoms with E-state index >= 15 is 0 Å². The van der Waals surface area contributed by atoms with E-state index in [0.29, 0.717) is 13.1 Å². The Balaban J connectivity index is 0.00000192. The van der Waals surface area contributed by atoms with Crippen LogP contribution in [0.1, 0.15) is 24.7 Å². The van der Waals surface area contributed by atoms with E-state index in [1.165, 1.54) is 11.6 Å². The molecule has 0 aliphatic heterocycles. The van der Waals surface area contributed by atoms with Crippen molar-refractivity contribution in [2.24, 2.45) is 0 Å². The van der Waals surface area contributed by atoms with Gasteiger partial charge in [-0.05, 0) is 36.2 Å². The maximum absolute atomic E-state index is 13.2. The van der Waals surface area contributed by atoms with Crippen LogP contribution in [0.4, 0.5) is 4.39 Å². The fraction of sp³-hybridized carbons (Fsp3) is 0.278. The normalized spacial score (nSPS) is 10.7. The second kappa shape index (κ2) is 8.09. The zero-order chi connectivity index (χ0) is 15.4. The highest BCUT2D eigenvalue weighted by atomic mass is 35.5. The lowest BCUT2D eigenvalue weighted by Crippen LogP contribution is -2.17. The number of benzene rings is 2. The topological polar surface area (TPSA) is 29.9 Å². The molecule has 1 heterocycles. The van der Waals surface area contributed by atoms with Gasteiger partial charge in [-0.25, -0.2) is 9.37 Å². The lowest BCUT2D eigenvalue weighted by Gasteiger charge is -2.09. The van der Waals surface area contributed by atoms with E-state index in [2.05, 4.69) is 22.9 Å². The van der Waals surface area contributed by atoms with Crippen molar-refractivity contribution in [1.82, 2.24) is 14.9 Å². The molecule has 3 aromatic rings. The minimum absolute atomic E-state index is 0. The van der Waals surface area contributed by atoms with E-state index in [9.17, 15) is 4.39 Å². The number of aromatic nitrogens is 2. The Hall–Kier alpha value is -1.91. The first-order chi connectivity index (χ1) is 10.8. The molecule has 1 N–H and O–H groups in total. The van der Waals surface area contributed by atoms with E-state index in [0.717, 1.165) is 29.9 Å². The number of hydrogen-bond donors (Lipinski definition) is 1. The highest BCUT2D eigenvalue weighted by Crippen LogP contribution is 2.16. The van der Waals surface area contributed by atoms with E-state index in [4.69, 9.17) is 4.98 Å². The first-order valence-electron chi connectivity index (χ1n) is 7.67. The average molecular weight is 334 g/mol. The first-order valence-corrected chi connectivity index (χ1v) is 7.67. The van der Waals surface area contributed by atoms with Crippen LogP contribution < -0.4 is 5.32 Å². The molecule has 0 amide bonds. The monoisotopic (exact) mass is 333 g/mol. The van der Waals surface area contributed by atoms with Crippen LogP contribution in [-0.2, 0) is 19.6 Å². The molecule has 0 atom stereocenters. The third-order valence-electron chi connectivity index (χ3n) is 3.68. The number of para-hydroxylation sites is 2. The number of imidazole rings is 1. The number of aryl methyl sites for hydroxylation is 1.